The standard InChI is InChI=1S/C11H15N3/c1-8-2-3-10(5-12-8)14-6-9-4-13-11(9)7-14/h2-3,5,9,11,13H,4,6-7H2,1H3/t9-,11+/m1/s1. The quantitative estimate of drug-likeness (QED) is 0.708. The van der Waals surface area contributed by atoms with E-state index in [9.17, 15) is 0 Å². The van der Waals surface area contributed by atoms with Crippen LogP contribution in [0.4, 0.5) is 5.69 Å². The predicted octanol–water partition coefficient (Wildman–Crippen LogP) is 0.798. The van der Waals surface area contributed by atoms with Crippen molar-refractivity contribution < 1.29 is 0 Å². The molecule has 2 aliphatic rings. The lowest BCUT2D eigenvalue weighted by Crippen LogP contribution is -2.51. The second-order valence-corrected chi connectivity index (χ2v) is 4.34. The van der Waals surface area contributed by atoms with Gasteiger partial charge in [0.05, 0.1) is 11.9 Å². The summed E-state index contributed by atoms with van der Waals surface area (Å²) in [6.07, 6.45) is 1.99. The lowest BCUT2D eigenvalue weighted by molar-refractivity contribution is 0.297. The van der Waals surface area contributed by atoms with Crippen molar-refractivity contribution >= 4 is 5.69 Å². The van der Waals surface area contributed by atoms with Crippen LogP contribution in [0.5, 0.6) is 0 Å². The van der Waals surface area contributed by atoms with E-state index in [-0.39, 0.29) is 0 Å². The highest BCUT2D eigenvalue weighted by atomic mass is 15.2. The lowest BCUT2D eigenvalue weighted by Gasteiger charge is -2.29. The molecule has 0 radical (unpaired) electrons. The minimum atomic E-state index is 0.733. The van der Waals surface area contributed by atoms with Crippen molar-refractivity contribution in [2.75, 3.05) is 24.5 Å². The molecule has 3 heteroatoms. The highest BCUT2D eigenvalue weighted by Gasteiger charge is 2.38. The lowest BCUT2D eigenvalue weighted by atomic mass is 9.96. The molecule has 14 heavy (non-hydrogen) atoms. The minimum Gasteiger partial charge on any atom is -0.368 e. The van der Waals surface area contributed by atoms with Crippen LogP contribution in [0.3, 0.4) is 0 Å². The van der Waals surface area contributed by atoms with Crippen LogP contribution in [0.2, 0.25) is 0 Å². The molecule has 74 valence electrons. The molecule has 0 spiro atoms. The third-order valence-corrected chi connectivity index (χ3v) is 3.34. The Morgan fingerprint density at radius 3 is 2.86 bits per heavy atom. The molecular weight excluding hydrogens is 174 g/mol. The van der Waals surface area contributed by atoms with E-state index in [1.54, 1.807) is 0 Å². The van der Waals surface area contributed by atoms with Gasteiger partial charge in [-0.15, -0.1) is 0 Å². The van der Waals surface area contributed by atoms with Gasteiger partial charge < -0.3 is 10.2 Å². The van der Waals surface area contributed by atoms with Crippen LogP contribution in [-0.2, 0) is 0 Å². The second kappa shape index (κ2) is 2.95. The predicted molar refractivity (Wildman–Crippen MR) is 56.5 cm³/mol. The molecule has 3 nitrogen and oxygen atoms in total. The number of aromatic nitrogens is 1. The van der Waals surface area contributed by atoms with Gasteiger partial charge in [0, 0.05) is 37.3 Å². The molecule has 3 heterocycles. The first-order valence-electron chi connectivity index (χ1n) is 5.24. The molecule has 0 aromatic carbocycles. The molecular formula is C11H15N3. The van der Waals surface area contributed by atoms with Crippen LogP contribution in [0.15, 0.2) is 18.3 Å². The molecule has 0 amide bonds. The highest BCUT2D eigenvalue weighted by molar-refractivity contribution is 5.46. The number of hydrogen-bond donors (Lipinski definition) is 1. The fourth-order valence-corrected chi connectivity index (χ4v) is 2.31. The van der Waals surface area contributed by atoms with Crippen LogP contribution in [0, 0.1) is 12.8 Å². The van der Waals surface area contributed by atoms with Crippen LogP contribution in [0.25, 0.3) is 0 Å². The summed E-state index contributed by atoms with van der Waals surface area (Å²) >= 11 is 0. The van der Waals surface area contributed by atoms with E-state index >= 15 is 0 Å². The van der Waals surface area contributed by atoms with E-state index in [2.05, 4.69) is 27.3 Å². The van der Waals surface area contributed by atoms with E-state index in [0.29, 0.717) is 0 Å². The number of rotatable bonds is 1. The van der Waals surface area contributed by atoms with E-state index in [0.717, 1.165) is 24.2 Å². The summed E-state index contributed by atoms with van der Waals surface area (Å²) in [5, 5.41) is 3.46. The van der Waals surface area contributed by atoms with E-state index < -0.39 is 0 Å². The van der Waals surface area contributed by atoms with Crippen LogP contribution in [0.1, 0.15) is 5.69 Å². The van der Waals surface area contributed by atoms with E-state index in [1.165, 1.54) is 18.8 Å². The van der Waals surface area contributed by atoms with Gasteiger partial charge in [-0.1, -0.05) is 0 Å². The Bertz CT molecular complexity index is 321. The Kier molecular flexibility index (Phi) is 1.74. The highest BCUT2D eigenvalue weighted by Crippen LogP contribution is 2.27. The second-order valence-electron chi connectivity index (χ2n) is 4.34. The number of fused-ring (bicyclic) bond motifs is 1. The number of hydrogen-bond acceptors (Lipinski definition) is 3. The van der Waals surface area contributed by atoms with Crippen LogP contribution >= 0.6 is 0 Å². The van der Waals surface area contributed by atoms with Crippen molar-refractivity contribution in [2.45, 2.75) is 13.0 Å². The first-order chi connectivity index (χ1) is 6.83. The van der Waals surface area contributed by atoms with E-state index in [1.807, 2.05) is 13.1 Å². The smallest absolute Gasteiger partial charge is 0.0553 e. The number of nitrogens with one attached hydrogen (secondary N) is 1. The Morgan fingerprint density at radius 2 is 2.36 bits per heavy atom. The average Bonchev–Trinajstić information content (AvgIpc) is 2.45. The van der Waals surface area contributed by atoms with Crippen molar-refractivity contribution in [3.63, 3.8) is 0 Å². The van der Waals surface area contributed by atoms with Gasteiger partial charge in [-0.2, -0.15) is 0 Å². The number of anilines is 1. The van der Waals surface area contributed by atoms with Gasteiger partial charge >= 0.3 is 0 Å². The summed E-state index contributed by atoms with van der Waals surface area (Å²) in [7, 11) is 0. The zero-order valence-electron chi connectivity index (χ0n) is 8.40. The maximum Gasteiger partial charge on any atom is 0.0553 e. The van der Waals surface area contributed by atoms with Gasteiger partial charge in [0.2, 0.25) is 0 Å². The van der Waals surface area contributed by atoms with Crippen molar-refractivity contribution in [1.29, 1.82) is 0 Å². The first-order valence-corrected chi connectivity index (χ1v) is 5.24. The first kappa shape index (κ1) is 8.24. The fourth-order valence-electron chi connectivity index (χ4n) is 2.31. The monoisotopic (exact) mass is 189 g/mol. The molecule has 2 fully saturated rings. The van der Waals surface area contributed by atoms with Gasteiger partial charge in [0.1, 0.15) is 0 Å². The molecule has 2 aliphatic heterocycles. The Labute approximate surface area is 84.1 Å². The third kappa shape index (κ3) is 1.20. The number of nitrogens with zero attached hydrogens (tertiary/aromatic N) is 2. The van der Waals surface area contributed by atoms with Gasteiger partial charge in [0.25, 0.3) is 0 Å². The van der Waals surface area contributed by atoms with Gasteiger partial charge in [-0.3, -0.25) is 4.98 Å². The SMILES string of the molecule is Cc1ccc(N2C[C@H]3CN[C@H]3C2)cn1. The molecule has 3 rings (SSSR count). The Morgan fingerprint density at radius 1 is 1.43 bits per heavy atom. The summed E-state index contributed by atoms with van der Waals surface area (Å²) in [4.78, 5) is 6.76. The van der Waals surface area contributed by atoms with Gasteiger partial charge in [0.15, 0.2) is 0 Å². The largest absolute Gasteiger partial charge is 0.368 e. The van der Waals surface area contributed by atoms with Crippen molar-refractivity contribution in [2.24, 2.45) is 5.92 Å². The fraction of sp³-hybridized carbons (Fsp3) is 0.545. The van der Waals surface area contributed by atoms with Crippen LogP contribution in [-0.4, -0.2) is 30.7 Å². The zero-order valence-corrected chi connectivity index (χ0v) is 8.40. The number of aryl methyl sites for hydroxylation is 1. The molecule has 2 atom stereocenters. The molecule has 1 N–H and O–H groups in total. The summed E-state index contributed by atoms with van der Waals surface area (Å²) in [6, 6.07) is 4.99. The normalized spacial score (nSPS) is 29.9. The minimum absolute atomic E-state index is 0.733. The average molecular weight is 189 g/mol. The van der Waals surface area contributed by atoms with Gasteiger partial charge in [-0.05, 0) is 19.1 Å². The maximum atomic E-state index is 4.33. The molecule has 0 saturated carbocycles. The molecule has 0 aliphatic carbocycles. The molecule has 0 bridgehead atoms. The summed E-state index contributed by atoms with van der Waals surface area (Å²) < 4.78 is 0. The summed E-state index contributed by atoms with van der Waals surface area (Å²) in [5.74, 6) is 0.872. The topological polar surface area (TPSA) is 28.2 Å². The molecule has 1 aromatic rings. The Hall–Kier alpha value is -1.09. The third-order valence-electron chi connectivity index (χ3n) is 3.34. The molecule has 0 unspecified atom stereocenters. The van der Waals surface area contributed by atoms with Crippen LogP contribution < -0.4 is 10.2 Å². The molecule has 1 aromatic heterocycles. The zero-order chi connectivity index (χ0) is 9.54. The summed E-state index contributed by atoms with van der Waals surface area (Å²) in [6.45, 7) is 5.57. The van der Waals surface area contributed by atoms with E-state index in [4.69, 9.17) is 0 Å². The molecule has 2 saturated heterocycles. The van der Waals surface area contributed by atoms with Crippen molar-refractivity contribution in [3.05, 3.63) is 24.0 Å². The Balaban J connectivity index is 1.79. The maximum absolute atomic E-state index is 4.33. The number of pyridine rings is 1. The van der Waals surface area contributed by atoms with Crippen molar-refractivity contribution in [3.8, 4) is 0 Å². The van der Waals surface area contributed by atoms with Crippen molar-refractivity contribution in [1.82, 2.24) is 10.3 Å². The summed E-state index contributed by atoms with van der Waals surface area (Å²) in [5.41, 5.74) is 2.36. The van der Waals surface area contributed by atoms with Gasteiger partial charge in [-0.25, -0.2) is 0 Å².